The van der Waals surface area contributed by atoms with Crippen LogP contribution in [0.15, 0.2) is 18.2 Å². The van der Waals surface area contributed by atoms with Gasteiger partial charge in [-0.2, -0.15) is 0 Å². The Morgan fingerprint density at radius 2 is 2.31 bits per heavy atom. The molecule has 0 aliphatic carbocycles. The molecule has 1 aliphatic rings. The second-order valence-corrected chi connectivity index (χ2v) is 4.93. The van der Waals surface area contributed by atoms with Crippen molar-refractivity contribution in [3.8, 4) is 5.75 Å². The van der Waals surface area contributed by atoms with E-state index in [4.69, 9.17) is 16.3 Å². The van der Waals surface area contributed by atoms with Crippen LogP contribution in [-0.2, 0) is 0 Å². The maximum Gasteiger partial charge on any atom is 0.138 e. The summed E-state index contributed by atoms with van der Waals surface area (Å²) in [6.45, 7) is 3.96. The van der Waals surface area contributed by atoms with Gasteiger partial charge < -0.3 is 9.64 Å². The number of halogens is 1. The predicted molar refractivity (Wildman–Crippen MR) is 67.3 cm³/mol. The van der Waals surface area contributed by atoms with Crippen molar-refractivity contribution in [1.29, 1.82) is 0 Å². The van der Waals surface area contributed by atoms with Gasteiger partial charge in [0.15, 0.2) is 0 Å². The van der Waals surface area contributed by atoms with Crippen LogP contribution < -0.4 is 4.74 Å². The molecule has 0 spiro atoms. The highest BCUT2D eigenvalue weighted by atomic mass is 35.5. The van der Waals surface area contributed by atoms with Crippen molar-refractivity contribution < 1.29 is 4.74 Å². The number of benzene rings is 1. The first-order valence-electron chi connectivity index (χ1n) is 5.76. The van der Waals surface area contributed by atoms with E-state index in [1.165, 1.54) is 24.9 Å². The SMILES string of the molecule is Cc1ccc(Cl)c(OC[C@@H]2CCCN2C)c1. The number of nitrogens with zero attached hydrogens (tertiary/aromatic N) is 1. The van der Waals surface area contributed by atoms with Crippen LogP contribution in [0.1, 0.15) is 18.4 Å². The van der Waals surface area contributed by atoms with E-state index >= 15 is 0 Å². The van der Waals surface area contributed by atoms with Gasteiger partial charge in [-0.15, -0.1) is 0 Å². The summed E-state index contributed by atoms with van der Waals surface area (Å²) in [5.74, 6) is 0.807. The summed E-state index contributed by atoms with van der Waals surface area (Å²) in [7, 11) is 2.15. The lowest BCUT2D eigenvalue weighted by atomic mass is 10.2. The monoisotopic (exact) mass is 239 g/mol. The molecule has 0 saturated carbocycles. The van der Waals surface area contributed by atoms with Crippen LogP contribution in [0.3, 0.4) is 0 Å². The summed E-state index contributed by atoms with van der Waals surface area (Å²) in [6.07, 6.45) is 2.49. The van der Waals surface area contributed by atoms with E-state index in [1.807, 2.05) is 25.1 Å². The molecule has 1 heterocycles. The fourth-order valence-corrected chi connectivity index (χ4v) is 2.27. The standard InChI is InChI=1S/C13H18ClNO/c1-10-5-6-12(14)13(8-10)16-9-11-4-3-7-15(11)2/h5-6,8,11H,3-4,7,9H2,1-2H3/t11-/m0/s1. The van der Waals surface area contributed by atoms with Gasteiger partial charge >= 0.3 is 0 Å². The summed E-state index contributed by atoms with van der Waals surface area (Å²) in [5, 5.41) is 0.700. The van der Waals surface area contributed by atoms with Crippen LogP contribution in [0, 0.1) is 6.92 Å². The highest BCUT2D eigenvalue weighted by Crippen LogP contribution is 2.26. The summed E-state index contributed by atoms with van der Waals surface area (Å²) < 4.78 is 5.80. The van der Waals surface area contributed by atoms with E-state index < -0.39 is 0 Å². The van der Waals surface area contributed by atoms with Gasteiger partial charge in [-0.1, -0.05) is 17.7 Å². The Kier molecular flexibility index (Phi) is 3.72. The Labute approximate surface area is 102 Å². The van der Waals surface area contributed by atoms with Crippen molar-refractivity contribution in [2.45, 2.75) is 25.8 Å². The van der Waals surface area contributed by atoms with Crippen molar-refractivity contribution in [3.63, 3.8) is 0 Å². The number of likely N-dealkylation sites (tertiary alicyclic amines) is 1. The quantitative estimate of drug-likeness (QED) is 0.804. The average Bonchev–Trinajstić information content (AvgIpc) is 2.66. The Morgan fingerprint density at radius 3 is 3.00 bits per heavy atom. The number of rotatable bonds is 3. The third-order valence-electron chi connectivity index (χ3n) is 3.19. The molecular weight excluding hydrogens is 222 g/mol. The van der Waals surface area contributed by atoms with Gasteiger partial charge in [-0.3, -0.25) is 0 Å². The van der Waals surface area contributed by atoms with E-state index in [0.29, 0.717) is 11.1 Å². The zero-order chi connectivity index (χ0) is 11.5. The van der Waals surface area contributed by atoms with Gasteiger partial charge in [0.2, 0.25) is 0 Å². The molecule has 0 aromatic heterocycles. The molecule has 2 nitrogen and oxygen atoms in total. The second-order valence-electron chi connectivity index (χ2n) is 4.52. The van der Waals surface area contributed by atoms with Crippen molar-refractivity contribution in [2.75, 3.05) is 20.2 Å². The molecule has 1 aliphatic heterocycles. The van der Waals surface area contributed by atoms with E-state index in [1.54, 1.807) is 0 Å². The number of likely N-dealkylation sites (N-methyl/N-ethyl adjacent to an activating group) is 1. The van der Waals surface area contributed by atoms with E-state index in [2.05, 4.69) is 11.9 Å². The van der Waals surface area contributed by atoms with Gasteiger partial charge in [0, 0.05) is 6.04 Å². The number of ether oxygens (including phenoxy) is 1. The molecule has 0 N–H and O–H groups in total. The lowest BCUT2D eigenvalue weighted by Gasteiger charge is -2.20. The van der Waals surface area contributed by atoms with Gasteiger partial charge in [0.1, 0.15) is 12.4 Å². The summed E-state index contributed by atoms with van der Waals surface area (Å²) in [6, 6.07) is 6.43. The van der Waals surface area contributed by atoms with E-state index in [0.717, 1.165) is 12.4 Å². The number of hydrogen-bond acceptors (Lipinski definition) is 2. The Balaban J connectivity index is 1.96. The van der Waals surface area contributed by atoms with Crippen molar-refractivity contribution in [1.82, 2.24) is 4.90 Å². The normalized spacial score (nSPS) is 21.3. The first-order chi connectivity index (χ1) is 7.66. The zero-order valence-electron chi connectivity index (χ0n) is 9.87. The zero-order valence-corrected chi connectivity index (χ0v) is 10.6. The van der Waals surface area contributed by atoms with Crippen molar-refractivity contribution >= 4 is 11.6 Å². The Bertz CT molecular complexity index is 367. The van der Waals surface area contributed by atoms with Crippen LogP contribution in [0.5, 0.6) is 5.75 Å². The smallest absolute Gasteiger partial charge is 0.138 e. The Morgan fingerprint density at radius 1 is 1.50 bits per heavy atom. The largest absolute Gasteiger partial charge is 0.490 e. The van der Waals surface area contributed by atoms with Crippen molar-refractivity contribution in [3.05, 3.63) is 28.8 Å². The molecule has 2 rings (SSSR count). The highest BCUT2D eigenvalue weighted by molar-refractivity contribution is 6.32. The topological polar surface area (TPSA) is 12.5 Å². The third-order valence-corrected chi connectivity index (χ3v) is 3.50. The fraction of sp³-hybridized carbons (Fsp3) is 0.538. The molecular formula is C13H18ClNO. The average molecular weight is 240 g/mol. The van der Waals surface area contributed by atoms with Gasteiger partial charge in [-0.05, 0) is 51.1 Å². The molecule has 88 valence electrons. The molecule has 0 radical (unpaired) electrons. The molecule has 0 bridgehead atoms. The fourth-order valence-electron chi connectivity index (χ4n) is 2.10. The molecule has 0 amide bonds. The van der Waals surface area contributed by atoms with Gasteiger partial charge in [-0.25, -0.2) is 0 Å². The van der Waals surface area contributed by atoms with Crippen LogP contribution in [0.4, 0.5) is 0 Å². The van der Waals surface area contributed by atoms with Crippen LogP contribution in [0.2, 0.25) is 5.02 Å². The molecule has 3 heteroatoms. The van der Waals surface area contributed by atoms with Crippen LogP contribution in [0.25, 0.3) is 0 Å². The number of aryl methyl sites for hydroxylation is 1. The highest BCUT2D eigenvalue weighted by Gasteiger charge is 2.21. The molecule has 0 unspecified atom stereocenters. The lowest BCUT2D eigenvalue weighted by Crippen LogP contribution is -2.30. The molecule has 1 fully saturated rings. The summed E-state index contributed by atoms with van der Waals surface area (Å²) >= 11 is 6.08. The van der Waals surface area contributed by atoms with Gasteiger partial charge in [0.05, 0.1) is 5.02 Å². The van der Waals surface area contributed by atoms with Gasteiger partial charge in [0.25, 0.3) is 0 Å². The third kappa shape index (κ3) is 2.69. The maximum absolute atomic E-state index is 6.08. The lowest BCUT2D eigenvalue weighted by molar-refractivity contribution is 0.198. The van der Waals surface area contributed by atoms with Crippen molar-refractivity contribution in [2.24, 2.45) is 0 Å². The molecule has 1 saturated heterocycles. The summed E-state index contributed by atoms with van der Waals surface area (Å²) in [5.41, 5.74) is 1.18. The van der Waals surface area contributed by atoms with Crippen LogP contribution in [-0.4, -0.2) is 31.1 Å². The van der Waals surface area contributed by atoms with Crippen LogP contribution >= 0.6 is 11.6 Å². The first kappa shape index (κ1) is 11.7. The molecule has 1 atom stereocenters. The minimum absolute atomic E-state index is 0.538. The summed E-state index contributed by atoms with van der Waals surface area (Å²) in [4.78, 5) is 2.35. The number of hydrogen-bond donors (Lipinski definition) is 0. The second kappa shape index (κ2) is 5.07. The maximum atomic E-state index is 6.08. The Hall–Kier alpha value is -0.730. The minimum atomic E-state index is 0.538. The molecule has 1 aromatic carbocycles. The minimum Gasteiger partial charge on any atom is -0.490 e. The molecule has 16 heavy (non-hydrogen) atoms. The van der Waals surface area contributed by atoms with E-state index in [-0.39, 0.29) is 0 Å². The van der Waals surface area contributed by atoms with E-state index in [9.17, 15) is 0 Å². The molecule has 1 aromatic rings. The first-order valence-corrected chi connectivity index (χ1v) is 6.14. The predicted octanol–water partition coefficient (Wildman–Crippen LogP) is 3.12.